The third-order valence-electron chi connectivity index (χ3n) is 3.57. The van der Waals surface area contributed by atoms with E-state index >= 15 is 0 Å². The molecule has 0 unspecified atom stereocenters. The van der Waals surface area contributed by atoms with Crippen LogP contribution in [0.1, 0.15) is 31.1 Å². The third kappa shape index (κ3) is 12.7. The van der Waals surface area contributed by atoms with Gasteiger partial charge in [-0.3, -0.25) is 9.59 Å². The van der Waals surface area contributed by atoms with E-state index in [0.29, 0.717) is 0 Å². The molecule has 0 aliphatic carbocycles. The van der Waals surface area contributed by atoms with Crippen molar-refractivity contribution in [2.45, 2.75) is 27.1 Å². The molecule has 0 aromatic heterocycles. The molecule has 30 heavy (non-hydrogen) atoms. The maximum atomic E-state index is 11.9. The lowest BCUT2D eigenvalue weighted by atomic mass is 10.0. The molecule has 166 valence electrons. The highest BCUT2D eigenvalue weighted by atomic mass is 16.7. The van der Waals surface area contributed by atoms with E-state index in [0.717, 1.165) is 36.0 Å². The first kappa shape index (κ1) is 27.3. The van der Waals surface area contributed by atoms with Gasteiger partial charge in [-0.2, -0.15) is 0 Å². The summed E-state index contributed by atoms with van der Waals surface area (Å²) in [4.78, 5) is 24.6. The zero-order valence-electron chi connectivity index (χ0n) is 19.3. The summed E-state index contributed by atoms with van der Waals surface area (Å²) in [6.07, 6.45) is 4.06. The summed E-state index contributed by atoms with van der Waals surface area (Å²) in [6.45, 7) is 7.25. The fourth-order valence-electron chi connectivity index (χ4n) is 2.17. The Bertz CT molecular complexity index is 767. The van der Waals surface area contributed by atoms with Gasteiger partial charge in [-0.15, -0.1) is 0 Å². The molecule has 1 amide bonds. The van der Waals surface area contributed by atoms with Crippen LogP contribution in [-0.2, 0) is 14.3 Å². The molecule has 6 nitrogen and oxygen atoms in total. The molecule has 0 aliphatic heterocycles. The van der Waals surface area contributed by atoms with Crippen LogP contribution in [0.2, 0.25) is 0 Å². The standard InChI is InChI=1S/C15H15NO.C6H14O2.C3H7NO/c1-16(2)10-9-15(17)14-8-7-12-5-3-4-6-13(12)11-14;1-4-7-6(3)8-5-2;1-4(2)3-5/h3-11H,1-2H3;6H,4-5H2,1-3H3;3H,1-2H3/b10-9+;;. The number of benzene rings is 2. The van der Waals surface area contributed by atoms with Crippen LogP contribution in [0, 0.1) is 0 Å². The van der Waals surface area contributed by atoms with Crippen molar-refractivity contribution in [3.8, 4) is 0 Å². The molecular weight excluding hydrogens is 380 g/mol. The lowest BCUT2D eigenvalue weighted by Gasteiger charge is -2.09. The second-order valence-electron chi connectivity index (χ2n) is 6.75. The Hall–Kier alpha value is -2.70. The van der Waals surface area contributed by atoms with E-state index in [4.69, 9.17) is 9.47 Å². The van der Waals surface area contributed by atoms with Crippen molar-refractivity contribution in [2.24, 2.45) is 0 Å². The van der Waals surface area contributed by atoms with Crippen LogP contribution in [0.5, 0.6) is 0 Å². The number of rotatable bonds is 8. The smallest absolute Gasteiger partial charge is 0.209 e. The van der Waals surface area contributed by atoms with E-state index in [9.17, 15) is 9.59 Å². The second-order valence-corrected chi connectivity index (χ2v) is 6.75. The number of hydrogen-bond acceptors (Lipinski definition) is 5. The van der Waals surface area contributed by atoms with Crippen LogP contribution < -0.4 is 0 Å². The molecule has 0 spiro atoms. The van der Waals surface area contributed by atoms with E-state index in [1.807, 2.05) is 82.2 Å². The maximum Gasteiger partial charge on any atom is 0.209 e. The number of fused-ring (bicyclic) bond motifs is 1. The van der Waals surface area contributed by atoms with Crippen LogP contribution in [0.3, 0.4) is 0 Å². The summed E-state index contributed by atoms with van der Waals surface area (Å²) in [5.41, 5.74) is 0.724. The molecule has 0 radical (unpaired) electrons. The van der Waals surface area contributed by atoms with Gasteiger partial charge in [-0.05, 0) is 37.6 Å². The molecule has 0 bridgehead atoms. The van der Waals surface area contributed by atoms with Gasteiger partial charge >= 0.3 is 0 Å². The Labute approximate surface area is 181 Å². The highest BCUT2D eigenvalue weighted by molar-refractivity contribution is 6.06. The summed E-state index contributed by atoms with van der Waals surface area (Å²) in [5, 5.41) is 2.25. The molecule has 0 fully saturated rings. The molecule has 2 rings (SSSR count). The fourth-order valence-corrected chi connectivity index (χ4v) is 2.17. The topological polar surface area (TPSA) is 59.1 Å². The minimum Gasteiger partial charge on any atom is -0.383 e. The number of nitrogens with zero attached hydrogens (tertiary/aromatic N) is 2. The SMILES string of the molecule is CCOC(C)OCC.CN(C)/C=C/C(=O)c1ccc2ccccc2c1.CN(C)C=O. The predicted molar refractivity (Wildman–Crippen MR) is 124 cm³/mol. The van der Waals surface area contributed by atoms with Crippen molar-refractivity contribution < 1.29 is 19.1 Å². The number of ketones is 1. The van der Waals surface area contributed by atoms with Crippen molar-refractivity contribution >= 4 is 23.0 Å². The number of hydrogen-bond donors (Lipinski definition) is 0. The van der Waals surface area contributed by atoms with E-state index in [1.54, 1.807) is 26.4 Å². The summed E-state index contributed by atoms with van der Waals surface area (Å²) in [7, 11) is 7.16. The monoisotopic (exact) mass is 416 g/mol. The van der Waals surface area contributed by atoms with Crippen molar-refractivity contribution in [2.75, 3.05) is 41.4 Å². The first-order valence-electron chi connectivity index (χ1n) is 9.97. The number of allylic oxidation sites excluding steroid dienone is 1. The Balaban J connectivity index is 0.000000540. The number of ether oxygens (including phenoxy) is 2. The predicted octanol–water partition coefficient (Wildman–Crippen LogP) is 4.21. The molecular formula is C24H36N2O4. The van der Waals surface area contributed by atoms with Gasteiger partial charge in [0.15, 0.2) is 12.1 Å². The molecule has 2 aromatic rings. The molecule has 0 saturated carbocycles. The van der Waals surface area contributed by atoms with Gasteiger partial charge in [0.25, 0.3) is 0 Å². The first-order valence-corrected chi connectivity index (χ1v) is 9.97. The highest BCUT2D eigenvalue weighted by Gasteiger charge is 2.02. The van der Waals surface area contributed by atoms with Crippen LogP contribution in [0.4, 0.5) is 0 Å². The minimum absolute atomic E-state index is 0.0319. The van der Waals surface area contributed by atoms with E-state index in [2.05, 4.69) is 0 Å². The van der Waals surface area contributed by atoms with Gasteiger partial charge in [0.05, 0.1) is 0 Å². The largest absolute Gasteiger partial charge is 0.383 e. The van der Waals surface area contributed by atoms with Gasteiger partial charge in [-0.1, -0.05) is 36.4 Å². The van der Waals surface area contributed by atoms with E-state index in [-0.39, 0.29) is 12.1 Å². The Morgan fingerprint density at radius 2 is 1.47 bits per heavy atom. The maximum absolute atomic E-state index is 11.9. The van der Waals surface area contributed by atoms with Gasteiger partial charge in [-0.25, -0.2) is 0 Å². The normalized spacial score (nSPS) is 10.1. The summed E-state index contributed by atoms with van der Waals surface area (Å²) in [6, 6.07) is 13.8. The van der Waals surface area contributed by atoms with Gasteiger partial charge in [0, 0.05) is 59.2 Å². The Kier molecular flexibility index (Phi) is 14.7. The lowest BCUT2D eigenvalue weighted by molar-refractivity contribution is -0.123. The molecule has 6 heteroatoms. The van der Waals surface area contributed by atoms with Crippen molar-refractivity contribution in [3.63, 3.8) is 0 Å². The first-order chi connectivity index (χ1) is 14.2. The summed E-state index contributed by atoms with van der Waals surface area (Å²) in [5.74, 6) is 0.0319. The number of carbonyl (C=O) groups excluding carboxylic acids is 2. The molecule has 0 aliphatic rings. The van der Waals surface area contributed by atoms with Crippen molar-refractivity contribution in [3.05, 3.63) is 60.3 Å². The Morgan fingerprint density at radius 3 is 1.93 bits per heavy atom. The quantitative estimate of drug-likeness (QED) is 0.279. The summed E-state index contributed by atoms with van der Waals surface area (Å²) >= 11 is 0. The molecule has 0 saturated heterocycles. The van der Waals surface area contributed by atoms with Crippen LogP contribution in [0.15, 0.2) is 54.7 Å². The van der Waals surface area contributed by atoms with Crippen molar-refractivity contribution in [1.29, 1.82) is 0 Å². The van der Waals surface area contributed by atoms with Crippen LogP contribution >= 0.6 is 0 Å². The highest BCUT2D eigenvalue weighted by Crippen LogP contribution is 2.16. The lowest BCUT2D eigenvalue weighted by Crippen LogP contribution is -2.11. The molecule has 0 heterocycles. The molecule has 0 atom stereocenters. The summed E-state index contributed by atoms with van der Waals surface area (Å²) < 4.78 is 10.1. The van der Waals surface area contributed by atoms with Gasteiger partial charge in [0.1, 0.15) is 0 Å². The molecule has 0 N–H and O–H groups in total. The average Bonchev–Trinajstić information content (AvgIpc) is 2.73. The van der Waals surface area contributed by atoms with Crippen LogP contribution in [-0.4, -0.2) is 69.7 Å². The van der Waals surface area contributed by atoms with Gasteiger partial charge in [0.2, 0.25) is 6.41 Å². The minimum atomic E-state index is -0.0370. The Morgan fingerprint density at radius 1 is 0.933 bits per heavy atom. The number of carbonyl (C=O) groups is 2. The van der Waals surface area contributed by atoms with Crippen LogP contribution in [0.25, 0.3) is 10.8 Å². The van der Waals surface area contributed by atoms with E-state index in [1.165, 1.54) is 4.90 Å². The zero-order chi connectivity index (χ0) is 22.9. The molecule has 2 aromatic carbocycles. The second kappa shape index (κ2) is 16.1. The zero-order valence-corrected chi connectivity index (χ0v) is 19.3. The van der Waals surface area contributed by atoms with E-state index < -0.39 is 0 Å². The number of amides is 1. The van der Waals surface area contributed by atoms with Gasteiger partial charge < -0.3 is 19.3 Å². The fraction of sp³-hybridized carbons (Fsp3) is 0.417. The van der Waals surface area contributed by atoms with Crippen molar-refractivity contribution in [1.82, 2.24) is 9.80 Å². The third-order valence-corrected chi connectivity index (χ3v) is 3.57. The average molecular weight is 417 g/mol.